The van der Waals surface area contributed by atoms with Gasteiger partial charge < -0.3 is 69.6 Å². The third-order valence-corrected chi connectivity index (χ3v) is 6.00. The van der Waals surface area contributed by atoms with E-state index < -0.39 is 98.7 Å². The molecular weight excluding hydrogens is 440 g/mol. The number of rotatable bonds is 5. The molecule has 0 aromatic carbocycles. The summed E-state index contributed by atoms with van der Waals surface area (Å²) >= 11 is 0. The number of ether oxygens (including phenoxy) is 5. The fourth-order valence-corrected chi connectivity index (χ4v) is 3.83. The van der Waals surface area contributed by atoms with E-state index in [4.69, 9.17) is 23.7 Å². The van der Waals surface area contributed by atoms with Crippen molar-refractivity contribution in [3.63, 3.8) is 0 Å². The average Bonchev–Trinajstić information content (AvgIpc) is 2.76. The minimum absolute atomic E-state index is 0.482. The molecule has 0 bridgehead atoms. The molecule has 188 valence electrons. The highest BCUT2D eigenvalue weighted by atomic mass is 16.7. The molecular formula is C18H32O14. The van der Waals surface area contributed by atoms with E-state index in [0.717, 1.165) is 0 Å². The highest BCUT2D eigenvalue weighted by Gasteiger charge is 2.50. The van der Waals surface area contributed by atoms with Gasteiger partial charge in [-0.25, -0.2) is 0 Å². The third-order valence-electron chi connectivity index (χ3n) is 6.00. The second-order valence-electron chi connectivity index (χ2n) is 8.34. The van der Waals surface area contributed by atoms with E-state index in [1.807, 2.05) is 0 Å². The van der Waals surface area contributed by atoms with Gasteiger partial charge in [0.05, 0.1) is 18.8 Å². The first-order valence-corrected chi connectivity index (χ1v) is 10.3. The van der Waals surface area contributed by atoms with Gasteiger partial charge in [-0.05, 0) is 13.8 Å². The lowest BCUT2D eigenvalue weighted by Gasteiger charge is -2.45. The molecule has 0 amide bonds. The fraction of sp³-hybridized carbons (Fsp3) is 1.00. The molecule has 3 aliphatic rings. The van der Waals surface area contributed by atoms with Gasteiger partial charge in [0.2, 0.25) is 0 Å². The van der Waals surface area contributed by atoms with Gasteiger partial charge in [-0.15, -0.1) is 0 Å². The van der Waals surface area contributed by atoms with Crippen LogP contribution in [0.5, 0.6) is 0 Å². The largest absolute Gasteiger partial charge is 0.388 e. The van der Waals surface area contributed by atoms with Crippen molar-refractivity contribution in [2.45, 2.75) is 106 Å². The first kappa shape index (κ1) is 26.1. The predicted octanol–water partition coefficient (Wildman–Crippen LogP) is -5.52. The normalized spacial score (nSPS) is 55.0. The molecule has 3 saturated heterocycles. The summed E-state index contributed by atoms with van der Waals surface area (Å²) in [5.74, 6) is 0. The van der Waals surface area contributed by atoms with Gasteiger partial charge in [0.25, 0.3) is 0 Å². The van der Waals surface area contributed by atoms with Crippen LogP contribution < -0.4 is 0 Å². The first-order chi connectivity index (χ1) is 14.9. The standard InChI is InChI=1S/C18H32O14/c1-4-7(19)10(22)13(25)17(29-4)28-3-6-9(21)12(24)15(16(27)31-6)32-18-14(26)11(23)8(20)5(2)30-18/h4-27H,3H2,1-2H3/t4-,5-,6+,7-,8-,9-,10+,11+,12-,13+,14+,15+,16+,17+,18-/m0/s1. The third kappa shape index (κ3) is 5.08. The molecule has 14 heteroatoms. The van der Waals surface area contributed by atoms with Crippen molar-refractivity contribution in [3.05, 3.63) is 0 Å². The Hall–Kier alpha value is -0.560. The Morgan fingerprint density at radius 2 is 1.06 bits per heavy atom. The Bertz CT molecular complexity index is 608. The van der Waals surface area contributed by atoms with Crippen LogP contribution >= 0.6 is 0 Å². The van der Waals surface area contributed by atoms with Gasteiger partial charge in [-0.3, -0.25) is 0 Å². The van der Waals surface area contributed by atoms with Crippen LogP contribution in [0.25, 0.3) is 0 Å². The van der Waals surface area contributed by atoms with Gasteiger partial charge in [0.1, 0.15) is 61.0 Å². The summed E-state index contributed by atoms with van der Waals surface area (Å²) in [6, 6.07) is 0. The second-order valence-corrected chi connectivity index (χ2v) is 8.34. The van der Waals surface area contributed by atoms with E-state index in [1.165, 1.54) is 13.8 Å². The van der Waals surface area contributed by atoms with Crippen molar-refractivity contribution in [2.24, 2.45) is 0 Å². The summed E-state index contributed by atoms with van der Waals surface area (Å²) < 4.78 is 26.4. The lowest BCUT2D eigenvalue weighted by molar-refractivity contribution is -0.364. The van der Waals surface area contributed by atoms with Crippen LogP contribution in [0.15, 0.2) is 0 Å². The molecule has 9 N–H and O–H groups in total. The zero-order chi connectivity index (χ0) is 23.9. The molecule has 0 saturated carbocycles. The van der Waals surface area contributed by atoms with E-state index in [0.29, 0.717) is 0 Å². The minimum atomic E-state index is -1.82. The van der Waals surface area contributed by atoms with Crippen molar-refractivity contribution in [1.82, 2.24) is 0 Å². The Kier molecular flexibility index (Phi) is 8.44. The van der Waals surface area contributed by atoms with E-state index in [9.17, 15) is 46.0 Å². The van der Waals surface area contributed by atoms with Gasteiger partial charge in [0.15, 0.2) is 18.9 Å². The average molecular weight is 472 g/mol. The van der Waals surface area contributed by atoms with E-state index >= 15 is 0 Å². The van der Waals surface area contributed by atoms with Gasteiger partial charge in [-0.2, -0.15) is 0 Å². The number of hydrogen-bond donors (Lipinski definition) is 9. The molecule has 3 heterocycles. The number of hydrogen-bond acceptors (Lipinski definition) is 14. The minimum Gasteiger partial charge on any atom is -0.388 e. The van der Waals surface area contributed by atoms with Crippen molar-refractivity contribution in [3.8, 4) is 0 Å². The topological polar surface area (TPSA) is 228 Å². The molecule has 32 heavy (non-hydrogen) atoms. The summed E-state index contributed by atoms with van der Waals surface area (Å²) in [6.07, 6.45) is -22.0. The lowest BCUT2D eigenvalue weighted by atomic mass is 9.97. The van der Waals surface area contributed by atoms with Crippen LogP contribution in [0.3, 0.4) is 0 Å². The zero-order valence-electron chi connectivity index (χ0n) is 17.4. The van der Waals surface area contributed by atoms with E-state index in [2.05, 4.69) is 0 Å². The highest BCUT2D eigenvalue weighted by Crippen LogP contribution is 2.29. The zero-order valence-corrected chi connectivity index (χ0v) is 17.4. The highest BCUT2D eigenvalue weighted by molar-refractivity contribution is 4.93. The Morgan fingerprint density at radius 1 is 0.562 bits per heavy atom. The van der Waals surface area contributed by atoms with Crippen LogP contribution in [0.4, 0.5) is 0 Å². The van der Waals surface area contributed by atoms with Crippen molar-refractivity contribution in [2.75, 3.05) is 6.61 Å². The molecule has 14 nitrogen and oxygen atoms in total. The van der Waals surface area contributed by atoms with Crippen LogP contribution in [0.2, 0.25) is 0 Å². The van der Waals surface area contributed by atoms with Crippen molar-refractivity contribution >= 4 is 0 Å². The van der Waals surface area contributed by atoms with Crippen LogP contribution in [0.1, 0.15) is 13.8 Å². The number of aliphatic hydroxyl groups is 9. The SMILES string of the molecule is C[C@@H]1O[C@@H](OC[C@H]2O[C@@H](O)[C@H](O[C@@H]3O[C@@H](C)[C@H](O)[C@@H](O)[C@H]3O)[C@@H](O)[C@H]2O)[C@H](O)[C@H](O)[C@H]1O. The molecule has 0 aromatic rings. The van der Waals surface area contributed by atoms with Crippen LogP contribution in [-0.4, -0.2) is 145 Å². The molecule has 0 unspecified atom stereocenters. The molecule has 15 atom stereocenters. The first-order valence-electron chi connectivity index (χ1n) is 10.3. The van der Waals surface area contributed by atoms with Crippen molar-refractivity contribution < 1.29 is 69.6 Å². The molecule has 0 spiro atoms. The summed E-state index contributed by atoms with van der Waals surface area (Å²) in [5.41, 5.74) is 0. The van der Waals surface area contributed by atoms with E-state index in [1.54, 1.807) is 0 Å². The molecule has 3 rings (SSSR count). The quantitative estimate of drug-likeness (QED) is 0.182. The van der Waals surface area contributed by atoms with Gasteiger partial charge in [0, 0.05) is 0 Å². The molecule has 0 aromatic heterocycles. The number of aliphatic hydroxyl groups excluding tert-OH is 9. The maximum absolute atomic E-state index is 10.4. The molecule has 3 aliphatic heterocycles. The summed E-state index contributed by atoms with van der Waals surface area (Å²) in [7, 11) is 0. The van der Waals surface area contributed by atoms with E-state index in [-0.39, 0.29) is 0 Å². The maximum Gasteiger partial charge on any atom is 0.187 e. The van der Waals surface area contributed by atoms with Gasteiger partial charge in [-0.1, -0.05) is 0 Å². The Morgan fingerprint density at radius 3 is 1.62 bits per heavy atom. The lowest BCUT2D eigenvalue weighted by Crippen LogP contribution is -2.64. The second kappa shape index (κ2) is 10.4. The molecule has 3 fully saturated rings. The summed E-state index contributed by atoms with van der Waals surface area (Å²) in [5, 5.41) is 90.2. The summed E-state index contributed by atoms with van der Waals surface area (Å²) in [4.78, 5) is 0. The molecule has 0 radical (unpaired) electrons. The molecule has 0 aliphatic carbocycles. The van der Waals surface area contributed by atoms with Crippen LogP contribution in [-0.2, 0) is 23.7 Å². The predicted molar refractivity (Wildman–Crippen MR) is 98.4 cm³/mol. The Labute approximate surface area is 183 Å². The monoisotopic (exact) mass is 472 g/mol. The Balaban J connectivity index is 1.58. The van der Waals surface area contributed by atoms with Gasteiger partial charge >= 0.3 is 0 Å². The maximum atomic E-state index is 10.4. The summed E-state index contributed by atoms with van der Waals surface area (Å²) in [6.45, 7) is 2.39. The van der Waals surface area contributed by atoms with Crippen molar-refractivity contribution in [1.29, 1.82) is 0 Å². The van der Waals surface area contributed by atoms with Crippen LogP contribution in [0, 0.1) is 0 Å². The smallest absolute Gasteiger partial charge is 0.187 e. The fourth-order valence-electron chi connectivity index (χ4n) is 3.83.